The second kappa shape index (κ2) is 8.64. The van der Waals surface area contributed by atoms with Gasteiger partial charge in [-0.05, 0) is 60.5 Å². The van der Waals surface area contributed by atoms with Crippen LogP contribution < -0.4 is 5.32 Å². The molecule has 1 unspecified atom stereocenters. The van der Waals surface area contributed by atoms with Gasteiger partial charge in [-0.1, -0.05) is 47.7 Å². The summed E-state index contributed by atoms with van der Waals surface area (Å²) < 4.78 is 0. The molecule has 3 aromatic carbocycles. The molecule has 0 aliphatic carbocycles. The van der Waals surface area contributed by atoms with Gasteiger partial charge in [-0.3, -0.25) is 5.32 Å². The van der Waals surface area contributed by atoms with Crippen molar-refractivity contribution < 1.29 is 10.2 Å². The zero-order valence-corrected chi connectivity index (χ0v) is 15.7. The fraction of sp³-hybridized carbons (Fsp3) is 0.130. The maximum Gasteiger partial charge on any atom is 0.120 e. The van der Waals surface area contributed by atoms with Crippen molar-refractivity contribution in [2.75, 3.05) is 6.54 Å². The molecule has 0 bridgehead atoms. The molecule has 27 heavy (non-hydrogen) atoms. The highest BCUT2D eigenvalue weighted by atomic mass is 35.5. The van der Waals surface area contributed by atoms with Gasteiger partial charge in [-0.25, -0.2) is 0 Å². The Balaban J connectivity index is 1.59. The number of rotatable bonds is 4. The fourth-order valence-corrected chi connectivity index (χ4v) is 2.91. The standard InChI is InChI=1S/C23H20ClNO2/c1-16(22-15-20(24)10-13-23(22)27)25-14-2-3-17-4-6-18(7-5-17)19-8-11-21(26)12-9-19/h4-13,15-16,25-27H,14H2,1H3. The van der Waals surface area contributed by atoms with Gasteiger partial charge in [-0.15, -0.1) is 0 Å². The first-order valence-corrected chi connectivity index (χ1v) is 9.01. The van der Waals surface area contributed by atoms with Gasteiger partial charge in [-0.2, -0.15) is 0 Å². The molecule has 0 aromatic heterocycles. The number of hydrogen-bond donors (Lipinski definition) is 3. The Morgan fingerprint density at radius 1 is 0.926 bits per heavy atom. The van der Waals surface area contributed by atoms with Gasteiger partial charge in [0.2, 0.25) is 0 Å². The molecule has 136 valence electrons. The van der Waals surface area contributed by atoms with Crippen LogP contribution in [0.15, 0.2) is 66.7 Å². The zero-order valence-electron chi connectivity index (χ0n) is 14.9. The van der Waals surface area contributed by atoms with Crippen molar-refractivity contribution in [1.82, 2.24) is 5.32 Å². The van der Waals surface area contributed by atoms with E-state index in [1.165, 1.54) is 0 Å². The maximum absolute atomic E-state index is 9.93. The normalized spacial score (nSPS) is 11.5. The maximum atomic E-state index is 9.93. The Kier molecular flexibility index (Phi) is 6.03. The summed E-state index contributed by atoms with van der Waals surface area (Å²) in [5, 5.41) is 23.1. The third-order valence-corrected chi connectivity index (χ3v) is 4.51. The highest BCUT2D eigenvalue weighted by molar-refractivity contribution is 6.30. The van der Waals surface area contributed by atoms with Crippen LogP contribution in [0, 0.1) is 11.8 Å². The van der Waals surface area contributed by atoms with Gasteiger partial charge in [0.1, 0.15) is 11.5 Å². The van der Waals surface area contributed by atoms with E-state index in [2.05, 4.69) is 17.2 Å². The Morgan fingerprint density at radius 2 is 1.56 bits per heavy atom. The third-order valence-electron chi connectivity index (χ3n) is 4.27. The predicted molar refractivity (Wildman–Crippen MR) is 110 cm³/mol. The summed E-state index contributed by atoms with van der Waals surface area (Å²) in [5.74, 6) is 6.70. The molecule has 0 fully saturated rings. The first-order valence-electron chi connectivity index (χ1n) is 8.63. The van der Waals surface area contributed by atoms with Crippen molar-refractivity contribution in [1.29, 1.82) is 0 Å². The van der Waals surface area contributed by atoms with E-state index in [1.807, 2.05) is 43.3 Å². The minimum absolute atomic E-state index is 0.0603. The van der Waals surface area contributed by atoms with E-state index in [0.29, 0.717) is 11.6 Å². The lowest BCUT2D eigenvalue weighted by molar-refractivity contribution is 0.456. The zero-order chi connectivity index (χ0) is 19.2. The van der Waals surface area contributed by atoms with Crippen molar-refractivity contribution in [3.05, 3.63) is 82.9 Å². The van der Waals surface area contributed by atoms with E-state index in [-0.39, 0.29) is 17.5 Å². The highest BCUT2D eigenvalue weighted by Gasteiger charge is 2.09. The fourth-order valence-electron chi connectivity index (χ4n) is 2.73. The first-order chi connectivity index (χ1) is 13.0. The van der Waals surface area contributed by atoms with E-state index >= 15 is 0 Å². The molecule has 3 nitrogen and oxygen atoms in total. The van der Waals surface area contributed by atoms with Crippen LogP contribution in [-0.2, 0) is 0 Å². The van der Waals surface area contributed by atoms with Crippen LogP contribution in [0.4, 0.5) is 0 Å². The Labute approximate surface area is 164 Å². The van der Waals surface area contributed by atoms with E-state index in [0.717, 1.165) is 22.3 Å². The number of aromatic hydroxyl groups is 2. The summed E-state index contributed by atoms with van der Waals surface area (Å²) in [6.07, 6.45) is 0. The number of nitrogens with one attached hydrogen (secondary N) is 1. The van der Waals surface area contributed by atoms with Crippen LogP contribution in [0.1, 0.15) is 24.1 Å². The van der Waals surface area contributed by atoms with Crippen molar-refractivity contribution in [3.63, 3.8) is 0 Å². The molecule has 0 saturated heterocycles. The average molecular weight is 378 g/mol. The molecule has 0 radical (unpaired) electrons. The topological polar surface area (TPSA) is 52.5 Å². The Hall–Kier alpha value is -2.93. The summed E-state index contributed by atoms with van der Waals surface area (Å²) in [6, 6.07) is 20.0. The average Bonchev–Trinajstić information content (AvgIpc) is 2.68. The van der Waals surface area contributed by atoms with Crippen LogP contribution in [0.3, 0.4) is 0 Å². The SMILES string of the molecule is CC(NCC#Cc1ccc(-c2ccc(O)cc2)cc1)c1cc(Cl)ccc1O. The quantitative estimate of drug-likeness (QED) is 0.553. The molecule has 1 atom stereocenters. The Morgan fingerprint density at radius 3 is 2.22 bits per heavy atom. The lowest BCUT2D eigenvalue weighted by atomic mass is 10.0. The lowest BCUT2D eigenvalue weighted by Crippen LogP contribution is -2.18. The molecule has 3 rings (SSSR count). The number of hydrogen-bond acceptors (Lipinski definition) is 3. The van der Waals surface area contributed by atoms with Gasteiger partial charge < -0.3 is 10.2 Å². The molecular formula is C23H20ClNO2. The Bertz CT molecular complexity index is 970. The van der Waals surface area contributed by atoms with Crippen molar-refractivity contribution >= 4 is 11.6 Å². The van der Waals surface area contributed by atoms with Crippen LogP contribution in [0.2, 0.25) is 5.02 Å². The van der Waals surface area contributed by atoms with Gasteiger partial charge in [0, 0.05) is 22.2 Å². The van der Waals surface area contributed by atoms with E-state index < -0.39 is 0 Å². The lowest BCUT2D eigenvalue weighted by Gasteiger charge is -2.14. The van der Waals surface area contributed by atoms with Gasteiger partial charge in [0.05, 0.1) is 6.54 Å². The molecule has 0 aliphatic rings. The molecule has 3 aromatic rings. The van der Waals surface area contributed by atoms with Gasteiger partial charge in [0.15, 0.2) is 0 Å². The number of benzene rings is 3. The molecule has 4 heteroatoms. The molecule has 3 N–H and O–H groups in total. The highest BCUT2D eigenvalue weighted by Crippen LogP contribution is 2.27. The second-order valence-electron chi connectivity index (χ2n) is 6.23. The molecule has 0 aliphatic heterocycles. The minimum atomic E-state index is -0.0603. The molecular weight excluding hydrogens is 358 g/mol. The number of phenolic OH excluding ortho intramolecular Hbond substituents is 2. The summed E-state index contributed by atoms with van der Waals surface area (Å²) in [5.41, 5.74) is 3.80. The van der Waals surface area contributed by atoms with Gasteiger partial charge in [0.25, 0.3) is 0 Å². The summed E-state index contributed by atoms with van der Waals surface area (Å²) in [4.78, 5) is 0. The van der Waals surface area contributed by atoms with Crippen LogP contribution >= 0.6 is 11.6 Å². The van der Waals surface area contributed by atoms with Gasteiger partial charge >= 0.3 is 0 Å². The monoisotopic (exact) mass is 377 g/mol. The molecule has 0 amide bonds. The number of phenols is 2. The van der Waals surface area contributed by atoms with Crippen LogP contribution in [0.5, 0.6) is 11.5 Å². The van der Waals surface area contributed by atoms with E-state index in [4.69, 9.17) is 11.6 Å². The van der Waals surface area contributed by atoms with Crippen LogP contribution in [-0.4, -0.2) is 16.8 Å². The van der Waals surface area contributed by atoms with Crippen molar-refractivity contribution in [2.24, 2.45) is 0 Å². The summed E-state index contributed by atoms with van der Waals surface area (Å²) in [6.45, 7) is 2.45. The van der Waals surface area contributed by atoms with Crippen LogP contribution in [0.25, 0.3) is 11.1 Å². The van der Waals surface area contributed by atoms with E-state index in [1.54, 1.807) is 30.3 Å². The second-order valence-corrected chi connectivity index (χ2v) is 6.67. The molecule has 0 heterocycles. The smallest absolute Gasteiger partial charge is 0.120 e. The third kappa shape index (κ3) is 5.04. The molecule has 0 saturated carbocycles. The first kappa shape index (κ1) is 18.8. The minimum Gasteiger partial charge on any atom is -0.508 e. The van der Waals surface area contributed by atoms with Crippen molar-refractivity contribution in [3.8, 4) is 34.5 Å². The van der Waals surface area contributed by atoms with Crippen molar-refractivity contribution in [2.45, 2.75) is 13.0 Å². The summed E-state index contributed by atoms with van der Waals surface area (Å²) >= 11 is 5.99. The number of halogens is 1. The van der Waals surface area contributed by atoms with E-state index in [9.17, 15) is 10.2 Å². The predicted octanol–water partition coefficient (Wildman–Crippen LogP) is 5.12. The largest absolute Gasteiger partial charge is 0.508 e. The summed E-state index contributed by atoms with van der Waals surface area (Å²) in [7, 11) is 0. The molecule has 0 spiro atoms.